The van der Waals surface area contributed by atoms with Gasteiger partial charge in [-0.2, -0.15) is 10.2 Å². The van der Waals surface area contributed by atoms with Crippen LogP contribution in [-0.2, 0) is 11.8 Å². The molecule has 2 heterocycles. The van der Waals surface area contributed by atoms with Crippen molar-refractivity contribution in [2.75, 3.05) is 6.61 Å². The lowest BCUT2D eigenvalue weighted by Gasteiger charge is -2.04. The highest BCUT2D eigenvalue weighted by Crippen LogP contribution is 2.22. The summed E-state index contributed by atoms with van der Waals surface area (Å²) in [5, 5.41) is 12.7. The Balaban J connectivity index is 2.29. The predicted molar refractivity (Wildman–Crippen MR) is 63.5 cm³/mol. The molecule has 94 valence electrons. The Morgan fingerprint density at radius 1 is 1.61 bits per heavy atom. The summed E-state index contributed by atoms with van der Waals surface area (Å²) >= 11 is 0. The van der Waals surface area contributed by atoms with Crippen molar-refractivity contribution in [2.45, 2.75) is 20.0 Å². The molecule has 0 aliphatic carbocycles. The van der Waals surface area contributed by atoms with Gasteiger partial charge in [0.2, 0.25) is 5.82 Å². The SMILES string of the molecule is CCOC(C)c1noc(-c2cc(C#N)cn2C)n1. The molecule has 0 saturated carbocycles. The zero-order chi connectivity index (χ0) is 13.1. The van der Waals surface area contributed by atoms with Crippen molar-refractivity contribution in [3.63, 3.8) is 0 Å². The molecule has 6 nitrogen and oxygen atoms in total. The maximum absolute atomic E-state index is 8.84. The van der Waals surface area contributed by atoms with Gasteiger partial charge in [0.05, 0.1) is 5.56 Å². The van der Waals surface area contributed by atoms with Gasteiger partial charge in [-0.3, -0.25) is 0 Å². The number of hydrogen-bond acceptors (Lipinski definition) is 5. The fourth-order valence-electron chi connectivity index (χ4n) is 1.67. The molecule has 0 N–H and O–H groups in total. The van der Waals surface area contributed by atoms with E-state index in [1.807, 2.05) is 20.9 Å². The molecular weight excluding hydrogens is 232 g/mol. The first-order chi connectivity index (χ1) is 8.65. The van der Waals surface area contributed by atoms with Crippen LogP contribution in [0.5, 0.6) is 0 Å². The fourth-order valence-corrected chi connectivity index (χ4v) is 1.67. The van der Waals surface area contributed by atoms with Crippen LogP contribution in [0.3, 0.4) is 0 Å². The molecule has 0 saturated heterocycles. The van der Waals surface area contributed by atoms with E-state index in [9.17, 15) is 0 Å². The van der Waals surface area contributed by atoms with Gasteiger partial charge in [0.25, 0.3) is 5.89 Å². The normalized spacial score (nSPS) is 12.3. The van der Waals surface area contributed by atoms with E-state index in [2.05, 4.69) is 16.2 Å². The second-order valence-corrected chi connectivity index (χ2v) is 3.89. The highest BCUT2D eigenvalue weighted by atomic mass is 16.5. The van der Waals surface area contributed by atoms with Gasteiger partial charge >= 0.3 is 0 Å². The molecule has 0 aliphatic heterocycles. The molecular formula is C12H14N4O2. The van der Waals surface area contributed by atoms with E-state index < -0.39 is 0 Å². The lowest BCUT2D eigenvalue weighted by atomic mass is 10.3. The summed E-state index contributed by atoms with van der Waals surface area (Å²) in [5.41, 5.74) is 1.28. The lowest BCUT2D eigenvalue weighted by Crippen LogP contribution is -2.01. The number of hydrogen-bond donors (Lipinski definition) is 0. The summed E-state index contributed by atoms with van der Waals surface area (Å²) in [6, 6.07) is 3.78. The fraction of sp³-hybridized carbons (Fsp3) is 0.417. The maximum atomic E-state index is 8.84. The first kappa shape index (κ1) is 12.3. The van der Waals surface area contributed by atoms with E-state index in [-0.39, 0.29) is 6.10 Å². The third-order valence-electron chi connectivity index (χ3n) is 2.58. The van der Waals surface area contributed by atoms with Crippen LogP contribution in [0, 0.1) is 11.3 Å². The van der Waals surface area contributed by atoms with E-state index in [0.717, 1.165) is 0 Å². The first-order valence-corrected chi connectivity index (χ1v) is 5.67. The highest BCUT2D eigenvalue weighted by Gasteiger charge is 2.17. The maximum Gasteiger partial charge on any atom is 0.274 e. The van der Waals surface area contributed by atoms with Gasteiger partial charge in [0.15, 0.2) is 0 Å². The quantitative estimate of drug-likeness (QED) is 0.825. The molecule has 6 heteroatoms. The Morgan fingerprint density at radius 2 is 2.39 bits per heavy atom. The Hall–Kier alpha value is -2.13. The molecule has 18 heavy (non-hydrogen) atoms. The number of rotatable bonds is 4. The van der Waals surface area contributed by atoms with Gasteiger partial charge in [-0.15, -0.1) is 0 Å². The Kier molecular flexibility index (Phi) is 3.44. The van der Waals surface area contributed by atoms with Crippen molar-refractivity contribution in [1.29, 1.82) is 5.26 Å². The molecule has 0 aromatic carbocycles. The molecule has 0 radical (unpaired) electrons. The van der Waals surface area contributed by atoms with Crippen LogP contribution in [0.1, 0.15) is 31.3 Å². The average molecular weight is 246 g/mol. The predicted octanol–water partition coefficient (Wildman–Crippen LogP) is 2.04. The molecule has 1 atom stereocenters. The summed E-state index contributed by atoms with van der Waals surface area (Å²) < 4.78 is 12.4. The second-order valence-electron chi connectivity index (χ2n) is 3.89. The van der Waals surface area contributed by atoms with Crippen LogP contribution in [0.15, 0.2) is 16.8 Å². The summed E-state index contributed by atoms with van der Waals surface area (Å²) in [4.78, 5) is 4.27. The molecule has 0 aliphatic rings. The Morgan fingerprint density at radius 3 is 3.00 bits per heavy atom. The van der Waals surface area contributed by atoms with E-state index in [4.69, 9.17) is 14.5 Å². The smallest absolute Gasteiger partial charge is 0.274 e. The van der Waals surface area contributed by atoms with Crippen LogP contribution in [-0.4, -0.2) is 21.3 Å². The van der Waals surface area contributed by atoms with E-state index >= 15 is 0 Å². The summed E-state index contributed by atoms with van der Waals surface area (Å²) in [6.07, 6.45) is 1.51. The van der Waals surface area contributed by atoms with E-state index in [1.54, 1.807) is 16.8 Å². The van der Waals surface area contributed by atoms with Crippen molar-refractivity contribution in [2.24, 2.45) is 7.05 Å². The monoisotopic (exact) mass is 246 g/mol. The average Bonchev–Trinajstić information content (AvgIpc) is 2.95. The molecule has 2 aromatic heterocycles. The molecule has 0 amide bonds. The van der Waals surface area contributed by atoms with Crippen LogP contribution in [0.2, 0.25) is 0 Å². The van der Waals surface area contributed by atoms with Gasteiger partial charge in [-0.1, -0.05) is 5.16 Å². The molecule has 0 fully saturated rings. The zero-order valence-corrected chi connectivity index (χ0v) is 10.5. The van der Waals surface area contributed by atoms with Crippen molar-refractivity contribution < 1.29 is 9.26 Å². The van der Waals surface area contributed by atoms with Crippen molar-refractivity contribution >= 4 is 0 Å². The topological polar surface area (TPSA) is 76.9 Å². The molecule has 2 aromatic rings. The standard InChI is InChI=1S/C12H14N4O2/c1-4-17-8(2)11-14-12(18-15-11)10-5-9(6-13)7-16(10)3/h5,7-8H,4H2,1-3H3. The highest BCUT2D eigenvalue weighted by molar-refractivity contribution is 5.52. The molecule has 1 unspecified atom stereocenters. The minimum atomic E-state index is -0.205. The first-order valence-electron chi connectivity index (χ1n) is 5.67. The second kappa shape index (κ2) is 5.02. The lowest BCUT2D eigenvalue weighted by molar-refractivity contribution is 0.0683. The number of aromatic nitrogens is 3. The van der Waals surface area contributed by atoms with Crippen LogP contribution in [0.25, 0.3) is 11.6 Å². The van der Waals surface area contributed by atoms with E-state index in [0.29, 0.717) is 29.6 Å². The number of nitriles is 1. The zero-order valence-electron chi connectivity index (χ0n) is 10.5. The van der Waals surface area contributed by atoms with Gasteiger partial charge in [-0.25, -0.2) is 0 Å². The Bertz CT molecular complexity index is 579. The van der Waals surface area contributed by atoms with Gasteiger partial charge in [-0.05, 0) is 19.9 Å². The van der Waals surface area contributed by atoms with E-state index in [1.165, 1.54) is 0 Å². The minimum absolute atomic E-state index is 0.205. The number of aryl methyl sites for hydroxylation is 1. The summed E-state index contributed by atoms with van der Waals surface area (Å²) in [6.45, 7) is 4.37. The molecule has 0 spiro atoms. The molecule has 2 rings (SSSR count). The molecule has 0 bridgehead atoms. The Labute approximate surface area is 105 Å². The van der Waals surface area contributed by atoms with Crippen LogP contribution in [0.4, 0.5) is 0 Å². The largest absolute Gasteiger partial charge is 0.371 e. The van der Waals surface area contributed by atoms with Gasteiger partial charge in [0, 0.05) is 19.9 Å². The summed E-state index contributed by atoms with van der Waals surface area (Å²) in [5.74, 6) is 0.895. The van der Waals surface area contributed by atoms with Gasteiger partial charge < -0.3 is 13.8 Å². The third kappa shape index (κ3) is 2.26. The third-order valence-corrected chi connectivity index (χ3v) is 2.58. The summed E-state index contributed by atoms with van der Waals surface area (Å²) in [7, 11) is 1.83. The van der Waals surface area contributed by atoms with Crippen molar-refractivity contribution in [3.8, 4) is 17.7 Å². The van der Waals surface area contributed by atoms with Crippen molar-refractivity contribution in [3.05, 3.63) is 23.7 Å². The number of nitrogens with zero attached hydrogens (tertiary/aromatic N) is 4. The van der Waals surface area contributed by atoms with Crippen LogP contribution >= 0.6 is 0 Å². The van der Waals surface area contributed by atoms with Crippen molar-refractivity contribution in [1.82, 2.24) is 14.7 Å². The minimum Gasteiger partial charge on any atom is -0.371 e. The number of ether oxygens (including phenoxy) is 1. The van der Waals surface area contributed by atoms with Gasteiger partial charge in [0.1, 0.15) is 17.9 Å². The van der Waals surface area contributed by atoms with Crippen LogP contribution < -0.4 is 0 Å².